The van der Waals surface area contributed by atoms with Crippen LogP contribution in [0.1, 0.15) is 40.7 Å². The number of nitrogens with zero attached hydrogens (tertiary/aromatic N) is 2. The third-order valence-electron chi connectivity index (χ3n) is 5.37. The molecular weight excluding hydrogens is 340 g/mol. The summed E-state index contributed by atoms with van der Waals surface area (Å²) in [7, 11) is 1.66. The lowest BCUT2D eigenvalue weighted by atomic mass is 10.00. The lowest BCUT2D eigenvalue weighted by Crippen LogP contribution is -2.35. The Labute approximate surface area is 159 Å². The van der Waals surface area contributed by atoms with Crippen molar-refractivity contribution in [3.05, 3.63) is 59.2 Å². The van der Waals surface area contributed by atoms with E-state index >= 15 is 0 Å². The maximum Gasteiger partial charge on any atom is 0.258 e. The number of ether oxygens (including phenoxy) is 1. The second-order valence-corrected chi connectivity index (χ2v) is 7.17. The van der Waals surface area contributed by atoms with E-state index in [-0.39, 0.29) is 11.8 Å². The van der Waals surface area contributed by atoms with E-state index in [4.69, 9.17) is 4.74 Å². The Balaban J connectivity index is 1.57. The molecule has 4 rings (SSSR count). The fraction of sp³-hybridized carbons (Fsp3) is 0.364. The zero-order valence-corrected chi connectivity index (χ0v) is 15.6. The summed E-state index contributed by atoms with van der Waals surface area (Å²) in [6.45, 7) is 2.10. The van der Waals surface area contributed by atoms with Crippen molar-refractivity contribution >= 4 is 17.5 Å². The van der Waals surface area contributed by atoms with Crippen molar-refractivity contribution in [3.8, 4) is 5.75 Å². The summed E-state index contributed by atoms with van der Waals surface area (Å²) in [5.41, 5.74) is 3.78. The maximum absolute atomic E-state index is 13.2. The number of hydrogen-bond donors (Lipinski definition) is 0. The van der Waals surface area contributed by atoms with Crippen LogP contribution in [0.4, 0.5) is 5.69 Å². The Kier molecular flexibility index (Phi) is 4.84. The van der Waals surface area contributed by atoms with E-state index in [0.717, 1.165) is 48.4 Å². The van der Waals surface area contributed by atoms with Gasteiger partial charge in [0.05, 0.1) is 7.11 Å². The number of amides is 2. The van der Waals surface area contributed by atoms with E-state index in [1.807, 2.05) is 52.3 Å². The van der Waals surface area contributed by atoms with Crippen LogP contribution in [-0.2, 0) is 17.8 Å². The van der Waals surface area contributed by atoms with Gasteiger partial charge in [-0.1, -0.05) is 12.1 Å². The van der Waals surface area contributed by atoms with Gasteiger partial charge in [0, 0.05) is 37.3 Å². The molecule has 5 heteroatoms. The number of likely N-dealkylation sites (tertiary alicyclic amines) is 1. The number of hydrogen-bond acceptors (Lipinski definition) is 3. The molecule has 2 amide bonds. The molecule has 2 aliphatic heterocycles. The number of methoxy groups -OCH3 is 1. The molecule has 27 heavy (non-hydrogen) atoms. The van der Waals surface area contributed by atoms with Gasteiger partial charge >= 0.3 is 0 Å². The molecule has 0 saturated carbocycles. The minimum atomic E-state index is 0.00992. The SMILES string of the molecule is COc1ccc2c(c1)CCCN2C(=O)c1cccc(CN2CCCC2=O)c1. The van der Waals surface area contributed by atoms with Gasteiger partial charge in [0.15, 0.2) is 0 Å². The predicted octanol–water partition coefficient (Wildman–Crippen LogP) is 3.41. The highest BCUT2D eigenvalue weighted by molar-refractivity contribution is 6.06. The van der Waals surface area contributed by atoms with E-state index in [0.29, 0.717) is 25.1 Å². The van der Waals surface area contributed by atoms with Crippen LogP contribution in [0.3, 0.4) is 0 Å². The lowest BCUT2D eigenvalue weighted by Gasteiger charge is -2.30. The molecule has 0 aliphatic carbocycles. The first-order chi connectivity index (χ1) is 13.2. The van der Waals surface area contributed by atoms with E-state index in [1.54, 1.807) is 7.11 Å². The Hall–Kier alpha value is -2.82. The van der Waals surface area contributed by atoms with E-state index in [9.17, 15) is 9.59 Å². The summed E-state index contributed by atoms with van der Waals surface area (Å²) < 4.78 is 5.31. The fourth-order valence-corrected chi connectivity index (χ4v) is 3.96. The molecule has 2 aliphatic rings. The Bertz CT molecular complexity index is 878. The quantitative estimate of drug-likeness (QED) is 0.835. The van der Waals surface area contributed by atoms with Crippen LogP contribution in [0.25, 0.3) is 0 Å². The second kappa shape index (κ2) is 7.43. The number of fused-ring (bicyclic) bond motifs is 1. The van der Waals surface area contributed by atoms with Crippen molar-refractivity contribution in [3.63, 3.8) is 0 Å². The summed E-state index contributed by atoms with van der Waals surface area (Å²) in [6.07, 6.45) is 3.44. The zero-order valence-electron chi connectivity index (χ0n) is 15.6. The van der Waals surface area contributed by atoms with Gasteiger partial charge in [0.1, 0.15) is 5.75 Å². The Morgan fingerprint density at radius 3 is 2.70 bits per heavy atom. The molecule has 1 fully saturated rings. The highest BCUT2D eigenvalue weighted by Crippen LogP contribution is 2.31. The highest BCUT2D eigenvalue weighted by atomic mass is 16.5. The highest BCUT2D eigenvalue weighted by Gasteiger charge is 2.25. The molecular formula is C22H24N2O3. The number of rotatable bonds is 4. The van der Waals surface area contributed by atoms with Crippen LogP contribution in [0.5, 0.6) is 5.75 Å². The molecule has 0 spiro atoms. The van der Waals surface area contributed by atoms with Gasteiger partial charge in [0.25, 0.3) is 5.91 Å². The fourth-order valence-electron chi connectivity index (χ4n) is 3.96. The van der Waals surface area contributed by atoms with Gasteiger partial charge in [-0.25, -0.2) is 0 Å². The van der Waals surface area contributed by atoms with Gasteiger partial charge < -0.3 is 14.5 Å². The van der Waals surface area contributed by atoms with Crippen LogP contribution in [0.2, 0.25) is 0 Å². The molecule has 5 nitrogen and oxygen atoms in total. The summed E-state index contributed by atoms with van der Waals surface area (Å²) in [5, 5.41) is 0. The molecule has 0 unspecified atom stereocenters. The molecule has 0 radical (unpaired) electrons. The minimum absolute atomic E-state index is 0.00992. The third-order valence-corrected chi connectivity index (χ3v) is 5.37. The molecule has 0 atom stereocenters. The van der Waals surface area contributed by atoms with E-state index in [1.165, 1.54) is 0 Å². The first-order valence-electron chi connectivity index (χ1n) is 9.51. The number of anilines is 1. The lowest BCUT2D eigenvalue weighted by molar-refractivity contribution is -0.128. The smallest absolute Gasteiger partial charge is 0.258 e. The van der Waals surface area contributed by atoms with Gasteiger partial charge in [-0.3, -0.25) is 9.59 Å². The van der Waals surface area contributed by atoms with E-state index < -0.39 is 0 Å². The first kappa shape index (κ1) is 17.6. The van der Waals surface area contributed by atoms with Crippen LogP contribution in [0, 0.1) is 0 Å². The molecule has 1 saturated heterocycles. The summed E-state index contributed by atoms with van der Waals surface area (Å²) in [6, 6.07) is 13.6. The third kappa shape index (κ3) is 3.54. The normalized spacial score (nSPS) is 16.4. The Morgan fingerprint density at radius 1 is 1.07 bits per heavy atom. The largest absolute Gasteiger partial charge is 0.497 e. The van der Waals surface area contributed by atoms with Crippen LogP contribution >= 0.6 is 0 Å². The second-order valence-electron chi connectivity index (χ2n) is 7.17. The van der Waals surface area contributed by atoms with Crippen LogP contribution in [-0.4, -0.2) is 36.9 Å². The summed E-state index contributed by atoms with van der Waals surface area (Å²) >= 11 is 0. The molecule has 0 aromatic heterocycles. The molecule has 2 aromatic carbocycles. The number of carbonyl (C=O) groups excluding carboxylic acids is 2. The van der Waals surface area contributed by atoms with Gasteiger partial charge in [-0.05, 0) is 60.7 Å². The van der Waals surface area contributed by atoms with Crippen molar-refractivity contribution in [2.24, 2.45) is 0 Å². The van der Waals surface area contributed by atoms with Crippen LogP contribution in [0.15, 0.2) is 42.5 Å². The molecule has 0 N–H and O–H groups in total. The molecule has 140 valence electrons. The van der Waals surface area contributed by atoms with Crippen molar-refractivity contribution in [2.75, 3.05) is 25.1 Å². The first-order valence-corrected chi connectivity index (χ1v) is 9.51. The number of aryl methyl sites for hydroxylation is 1. The zero-order chi connectivity index (χ0) is 18.8. The van der Waals surface area contributed by atoms with Gasteiger partial charge in [-0.15, -0.1) is 0 Å². The monoisotopic (exact) mass is 364 g/mol. The predicted molar refractivity (Wildman–Crippen MR) is 104 cm³/mol. The summed E-state index contributed by atoms with van der Waals surface area (Å²) in [4.78, 5) is 28.8. The molecule has 0 bridgehead atoms. The molecule has 2 heterocycles. The summed E-state index contributed by atoms with van der Waals surface area (Å²) in [5.74, 6) is 1.03. The maximum atomic E-state index is 13.2. The number of carbonyl (C=O) groups is 2. The van der Waals surface area contributed by atoms with Crippen molar-refractivity contribution < 1.29 is 14.3 Å². The average molecular weight is 364 g/mol. The van der Waals surface area contributed by atoms with Crippen LogP contribution < -0.4 is 9.64 Å². The average Bonchev–Trinajstić information content (AvgIpc) is 3.11. The van der Waals surface area contributed by atoms with Crippen molar-refractivity contribution in [2.45, 2.75) is 32.2 Å². The van der Waals surface area contributed by atoms with Crippen molar-refractivity contribution in [1.29, 1.82) is 0 Å². The minimum Gasteiger partial charge on any atom is -0.497 e. The van der Waals surface area contributed by atoms with E-state index in [2.05, 4.69) is 0 Å². The molecule has 2 aromatic rings. The number of benzene rings is 2. The Morgan fingerprint density at radius 2 is 1.93 bits per heavy atom. The van der Waals surface area contributed by atoms with Gasteiger partial charge in [0.2, 0.25) is 5.91 Å². The van der Waals surface area contributed by atoms with Gasteiger partial charge in [-0.2, -0.15) is 0 Å². The topological polar surface area (TPSA) is 49.9 Å². The standard InChI is InChI=1S/C22H24N2O3/c1-27-19-9-10-20-17(14-19)7-3-12-24(20)22(26)18-6-2-5-16(13-18)15-23-11-4-8-21(23)25/h2,5-6,9-10,13-14H,3-4,7-8,11-12,15H2,1H3. The van der Waals surface area contributed by atoms with Crippen molar-refractivity contribution in [1.82, 2.24) is 4.90 Å².